The molecule has 3 aliphatic rings. The lowest BCUT2D eigenvalue weighted by Gasteiger charge is -2.36. The van der Waals surface area contributed by atoms with Crippen LogP contribution in [-0.2, 0) is 21.4 Å². The van der Waals surface area contributed by atoms with Gasteiger partial charge in [-0.15, -0.1) is 0 Å². The van der Waals surface area contributed by atoms with Crippen molar-refractivity contribution >= 4 is 28.8 Å². The molecule has 1 unspecified atom stereocenters. The summed E-state index contributed by atoms with van der Waals surface area (Å²) < 4.78 is 3.09. The summed E-state index contributed by atoms with van der Waals surface area (Å²) in [6, 6.07) is 5.33. The van der Waals surface area contributed by atoms with Crippen LogP contribution < -0.4 is 11.0 Å². The highest BCUT2D eigenvalue weighted by Crippen LogP contribution is 2.31. The van der Waals surface area contributed by atoms with Crippen molar-refractivity contribution in [2.45, 2.75) is 37.6 Å². The van der Waals surface area contributed by atoms with Gasteiger partial charge < -0.3 is 9.80 Å². The zero-order chi connectivity index (χ0) is 24.7. The normalized spacial score (nSPS) is 23.1. The van der Waals surface area contributed by atoms with Crippen molar-refractivity contribution in [1.82, 2.24) is 29.2 Å². The quantitative estimate of drug-likeness (QED) is 0.628. The maximum Gasteiger partial charge on any atom is 0.329 e. The third kappa shape index (κ3) is 4.64. The number of likely N-dealkylation sites (tertiary alicyclic amines) is 1. The number of fused-ring (bicyclic) bond motifs is 1. The van der Waals surface area contributed by atoms with Crippen LogP contribution in [0.5, 0.6) is 0 Å². The molecule has 4 heterocycles. The Morgan fingerprint density at radius 2 is 1.66 bits per heavy atom. The van der Waals surface area contributed by atoms with E-state index in [4.69, 9.17) is 0 Å². The Balaban J connectivity index is 1.27. The van der Waals surface area contributed by atoms with Crippen LogP contribution in [0.15, 0.2) is 23.0 Å². The van der Waals surface area contributed by atoms with Crippen LogP contribution in [0.3, 0.4) is 0 Å². The Labute approximate surface area is 204 Å². The molecule has 35 heavy (non-hydrogen) atoms. The average Bonchev–Trinajstić information content (AvgIpc) is 3.10. The Bertz CT molecular complexity index is 1200. The van der Waals surface area contributed by atoms with Gasteiger partial charge in [0.05, 0.1) is 17.6 Å². The Morgan fingerprint density at radius 3 is 2.34 bits per heavy atom. The number of nitrogens with one attached hydrogen (secondary N) is 1. The van der Waals surface area contributed by atoms with Crippen LogP contribution in [0, 0.1) is 0 Å². The number of aromatic nitrogens is 2. The first-order valence-corrected chi connectivity index (χ1v) is 12.5. The first-order chi connectivity index (χ1) is 16.8. The molecule has 0 saturated carbocycles. The number of carbonyl (C=O) groups excluding carboxylic acids is 3. The topological polar surface area (TPSA) is 99.9 Å². The van der Waals surface area contributed by atoms with E-state index in [9.17, 15) is 19.2 Å². The Morgan fingerprint density at radius 1 is 0.943 bits per heavy atom. The average molecular weight is 483 g/mol. The molecule has 3 aliphatic heterocycles. The molecule has 3 fully saturated rings. The van der Waals surface area contributed by atoms with Gasteiger partial charge in [0.25, 0.3) is 0 Å². The molecule has 5 rings (SSSR count). The number of nitrogens with zero attached hydrogens (tertiary/aromatic N) is 5. The minimum atomic E-state index is -0.677. The first kappa shape index (κ1) is 23.7. The van der Waals surface area contributed by atoms with Crippen molar-refractivity contribution in [2.75, 3.05) is 52.9 Å². The van der Waals surface area contributed by atoms with Gasteiger partial charge in [-0.25, -0.2) is 4.79 Å². The van der Waals surface area contributed by atoms with E-state index in [1.807, 2.05) is 23.1 Å². The molecule has 0 aliphatic carbocycles. The van der Waals surface area contributed by atoms with Gasteiger partial charge in [0.1, 0.15) is 6.04 Å². The molecule has 1 N–H and O–H groups in total. The third-order valence-electron chi connectivity index (χ3n) is 7.91. The number of rotatable bonds is 4. The van der Waals surface area contributed by atoms with Crippen molar-refractivity contribution in [2.24, 2.45) is 7.05 Å². The second kappa shape index (κ2) is 9.58. The minimum absolute atomic E-state index is 0.215. The highest BCUT2D eigenvalue weighted by atomic mass is 16.2. The number of benzene rings is 1. The molecule has 0 bridgehead atoms. The zero-order valence-corrected chi connectivity index (χ0v) is 20.5. The molecule has 1 aromatic heterocycles. The van der Waals surface area contributed by atoms with E-state index < -0.39 is 11.9 Å². The third-order valence-corrected chi connectivity index (χ3v) is 7.91. The summed E-state index contributed by atoms with van der Waals surface area (Å²) in [4.78, 5) is 56.3. The van der Waals surface area contributed by atoms with Crippen LogP contribution in [0.4, 0.5) is 0 Å². The molecule has 0 radical (unpaired) electrons. The molecule has 1 atom stereocenters. The fourth-order valence-electron chi connectivity index (χ4n) is 5.62. The number of piperazine rings is 1. The molecule has 10 nitrogen and oxygen atoms in total. The lowest BCUT2D eigenvalue weighted by atomic mass is 9.89. The number of likely N-dealkylation sites (N-methyl/N-ethyl adjacent to an activating group) is 1. The summed E-state index contributed by atoms with van der Waals surface area (Å²) in [6.07, 6.45) is 2.33. The van der Waals surface area contributed by atoms with Gasteiger partial charge in [0, 0.05) is 52.7 Å². The summed E-state index contributed by atoms with van der Waals surface area (Å²) in [6.45, 7) is 5.88. The molecule has 10 heteroatoms. The van der Waals surface area contributed by atoms with Gasteiger partial charge in [0.15, 0.2) is 0 Å². The minimum Gasteiger partial charge on any atom is -0.342 e. The fourth-order valence-corrected chi connectivity index (χ4v) is 5.62. The lowest BCUT2D eigenvalue weighted by molar-refractivity contribution is -0.136. The summed E-state index contributed by atoms with van der Waals surface area (Å²) >= 11 is 0. The lowest BCUT2D eigenvalue weighted by Crippen LogP contribution is -2.50. The SMILES string of the molecule is CN1CCN(CC(=O)N2CCC(c3ccc4c(c3)n(C)c(=O)n4C3CCC(=O)NC3=O)CC2)CC1. The number of imidazole rings is 1. The van der Waals surface area contributed by atoms with Crippen LogP contribution >= 0.6 is 0 Å². The van der Waals surface area contributed by atoms with Gasteiger partial charge in [0.2, 0.25) is 17.7 Å². The van der Waals surface area contributed by atoms with E-state index in [1.165, 1.54) is 4.57 Å². The summed E-state index contributed by atoms with van der Waals surface area (Å²) in [5.74, 6) is -0.183. The maximum atomic E-state index is 13.0. The van der Waals surface area contributed by atoms with Crippen molar-refractivity contribution < 1.29 is 14.4 Å². The Hall–Kier alpha value is -2.98. The van der Waals surface area contributed by atoms with Crippen LogP contribution in [0.25, 0.3) is 11.0 Å². The van der Waals surface area contributed by atoms with E-state index in [0.717, 1.165) is 63.2 Å². The molecule has 3 amide bonds. The van der Waals surface area contributed by atoms with Crippen molar-refractivity contribution in [1.29, 1.82) is 0 Å². The molecule has 2 aromatic rings. The van der Waals surface area contributed by atoms with Crippen molar-refractivity contribution in [3.05, 3.63) is 34.2 Å². The van der Waals surface area contributed by atoms with E-state index in [2.05, 4.69) is 22.2 Å². The summed E-state index contributed by atoms with van der Waals surface area (Å²) in [5, 5.41) is 2.35. The number of hydrogen-bond acceptors (Lipinski definition) is 6. The molecule has 188 valence electrons. The highest BCUT2D eigenvalue weighted by Gasteiger charge is 2.32. The van der Waals surface area contributed by atoms with Gasteiger partial charge in [-0.05, 0) is 49.9 Å². The highest BCUT2D eigenvalue weighted by molar-refractivity contribution is 6.00. The van der Waals surface area contributed by atoms with Gasteiger partial charge >= 0.3 is 5.69 Å². The number of amides is 3. The monoisotopic (exact) mass is 482 g/mol. The second-order valence-electron chi connectivity index (χ2n) is 10.2. The van der Waals surface area contributed by atoms with E-state index >= 15 is 0 Å². The summed E-state index contributed by atoms with van der Waals surface area (Å²) in [5.41, 5.74) is 2.39. The number of imide groups is 1. The largest absolute Gasteiger partial charge is 0.342 e. The number of carbonyl (C=O) groups is 3. The van der Waals surface area contributed by atoms with Gasteiger partial charge in [-0.1, -0.05) is 6.07 Å². The Kier molecular flexibility index (Phi) is 6.50. The fraction of sp³-hybridized carbons (Fsp3) is 0.600. The van der Waals surface area contributed by atoms with E-state index in [0.29, 0.717) is 24.4 Å². The first-order valence-electron chi connectivity index (χ1n) is 12.5. The van der Waals surface area contributed by atoms with Crippen molar-refractivity contribution in [3.8, 4) is 0 Å². The standard InChI is InChI=1S/C25H34N6O4/c1-27-11-13-29(14-12-27)16-23(33)30-9-7-17(8-10-30)18-3-4-19-21(15-18)28(2)25(35)31(19)20-5-6-22(32)26-24(20)34/h3-4,15,17,20H,5-14,16H2,1-2H3,(H,26,32,34). The summed E-state index contributed by atoms with van der Waals surface area (Å²) in [7, 11) is 3.83. The van der Waals surface area contributed by atoms with Crippen LogP contribution in [-0.4, -0.2) is 94.4 Å². The molecule has 1 aromatic carbocycles. The predicted molar refractivity (Wildman–Crippen MR) is 131 cm³/mol. The molecular formula is C25H34N6O4. The number of aryl methyl sites for hydroxylation is 1. The van der Waals surface area contributed by atoms with Crippen molar-refractivity contribution in [3.63, 3.8) is 0 Å². The number of hydrogen-bond donors (Lipinski definition) is 1. The van der Waals surface area contributed by atoms with E-state index in [-0.39, 0.29) is 23.9 Å². The molecule has 0 spiro atoms. The molecule has 3 saturated heterocycles. The second-order valence-corrected chi connectivity index (χ2v) is 10.2. The van der Waals surface area contributed by atoms with Crippen LogP contribution in [0.1, 0.15) is 43.2 Å². The van der Waals surface area contributed by atoms with Gasteiger partial charge in [-0.2, -0.15) is 0 Å². The van der Waals surface area contributed by atoms with E-state index in [1.54, 1.807) is 11.6 Å². The predicted octanol–water partition coefficient (Wildman–Crippen LogP) is 0.271. The van der Waals surface area contributed by atoms with Crippen LogP contribution in [0.2, 0.25) is 0 Å². The number of piperidine rings is 2. The zero-order valence-electron chi connectivity index (χ0n) is 20.5. The smallest absolute Gasteiger partial charge is 0.329 e. The maximum absolute atomic E-state index is 13.0. The van der Waals surface area contributed by atoms with Gasteiger partial charge in [-0.3, -0.25) is 33.7 Å². The molecular weight excluding hydrogens is 448 g/mol.